The second kappa shape index (κ2) is 4.17. The van der Waals surface area contributed by atoms with Gasteiger partial charge in [0.2, 0.25) is 0 Å². The lowest BCUT2D eigenvalue weighted by atomic mass is 9.89. The molecule has 0 amide bonds. The Morgan fingerprint density at radius 3 is 3.06 bits per heavy atom. The summed E-state index contributed by atoms with van der Waals surface area (Å²) in [6, 6.07) is 0. The molecule has 2 unspecified atom stereocenters. The quantitative estimate of drug-likeness (QED) is 0.829. The number of hydrogen-bond acceptors (Lipinski definition) is 4. The molecule has 0 radical (unpaired) electrons. The Hall–Kier alpha value is -1.20. The van der Waals surface area contributed by atoms with Gasteiger partial charge in [-0.3, -0.25) is 4.79 Å². The van der Waals surface area contributed by atoms with E-state index in [4.69, 9.17) is 0 Å². The molecule has 3 rings (SSSR count). The average molecular weight is 264 g/mol. The predicted octanol–water partition coefficient (Wildman–Crippen LogP) is 2.16. The van der Waals surface area contributed by atoms with Crippen molar-refractivity contribution < 1.29 is 5.11 Å². The number of fused-ring (bicyclic) bond motifs is 3. The smallest absolute Gasteiger partial charge is 0.260 e. The molecule has 0 aromatic carbocycles. The SMILES string of the molecule is CC1CCc2c(sc3nc(C(C)O)[nH]c(=O)c23)C1. The number of thiophene rings is 1. The number of rotatable bonds is 1. The van der Waals surface area contributed by atoms with Crippen LogP contribution in [0.3, 0.4) is 0 Å². The van der Waals surface area contributed by atoms with E-state index in [2.05, 4.69) is 16.9 Å². The summed E-state index contributed by atoms with van der Waals surface area (Å²) < 4.78 is 0. The molecule has 0 bridgehead atoms. The third-order valence-electron chi connectivity index (χ3n) is 3.58. The summed E-state index contributed by atoms with van der Waals surface area (Å²) in [5, 5.41) is 10.3. The molecule has 0 aliphatic heterocycles. The fourth-order valence-corrected chi connectivity index (χ4v) is 3.95. The number of aliphatic hydroxyl groups is 1. The van der Waals surface area contributed by atoms with Gasteiger partial charge in [-0.15, -0.1) is 11.3 Å². The molecule has 5 heteroatoms. The zero-order chi connectivity index (χ0) is 12.9. The van der Waals surface area contributed by atoms with Gasteiger partial charge >= 0.3 is 0 Å². The Kier molecular flexibility index (Phi) is 2.75. The minimum atomic E-state index is -0.736. The Balaban J connectivity index is 2.25. The van der Waals surface area contributed by atoms with Crippen LogP contribution in [-0.2, 0) is 12.8 Å². The summed E-state index contributed by atoms with van der Waals surface area (Å²) in [5.41, 5.74) is 1.07. The van der Waals surface area contributed by atoms with E-state index >= 15 is 0 Å². The molecule has 1 aliphatic carbocycles. The van der Waals surface area contributed by atoms with Crippen molar-refractivity contribution >= 4 is 21.6 Å². The topological polar surface area (TPSA) is 66.0 Å². The van der Waals surface area contributed by atoms with Gasteiger partial charge in [0, 0.05) is 4.88 Å². The second-order valence-corrected chi connectivity index (χ2v) is 6.24. The second-order valence-electron chi connectivity index (χ2n) is 5.16. The van der Waals surface area contributed by atoms with Crippen LogP contribution in [0.2, 0.25) is 0 Å². The Morgan fingerprint density at radius 2 is 2.33 bits per heavy atom. The number of aromatic nitrogens is 2. The summed E-state index contributed by atoms with van der Waals surface area (Å²) in [4.78, 5) is 21.3. The minimum Gasteiger partial charge on any atom is -0.385 e. The fourth-order valence-electron chi connectivity index (χ4n) is 2.56. The van der Waals surface area contributed by atoms with Gasteiger partial charge in [-0.25, -0.2) is 4.98 Å². The lowest BCUT2D eigenvalue weighted by Gasteiger charge is -2.17. The van der Waals surface area contributed by atoms with Crippen molar-refractivity contribution in [2.45, 2.75) is 39.2 Å². The predicted molar refractivity (Wildman–Crippen MR) is 72.1 cm³/mol. The van der Waals surface area contributed by atoms with E-state index in [-0.39, 0.29) is 5.56 Å². The van der Waals surface area contributed by atoms with Crippen LogP contribution in [0.4, 0.5) is 0 Å². The van der Waals surface area contributed by atoms with Crippen molar-refractivity contribution in [2.24, 2.45) is 5.92 Å². The highest BCUT2D eigenvalue weighted by Gasteiger charge is 2.23. The summed E-state index contributed by atoms with van der Waals surface area (Å²) in [6.45, 7) is 3.85. The van der Waals surface area contributed by atoms with Crippen molar-refractivity contribution in [3.05, 3.63) is 26.6 Å². The molecule has 0 saturated carbocycles. The molecule has 2 atom stereocenters. The van der Waals surface area contributed by atoms with Crippen LogP contribution >= 0.6 is 11.3 Å². The van der Waals surface area contributed by atoms with E-state index in [0.717, 1.165) is 29.5 Å². The molecule has 0 spiro atoms. The van der Waals surface area contributed by atoms with Crippen LogP contribution in [0, 0.1) is 5.92 Å². The van der Waals surface area contributed by atoms with Gasteiger partial charge in [0.25, 0.3) is 5.56 Å². The van der Waals surface area contributed by atoms with E-state index < -0.39 is 6.10 Å². The van der Waals surface area contributed by atoms with Crippen molar-refractivity contribution in [3.63, 3.8) is 0 Å². The Bertz CT molecular complexity index is 657. The molecular formula is C13H16N2O2S. The number of hydrogen-bond donors (Lipinski definition) is 2. The summed E-state index contributed by atoms with van der Waals surface area (Å²) in [5.74, 6) is 1.04. The summed E-state index contributed by atoms with van der Waals surface area (Å²) in [7, 11) is 0. The highest BCUT2D eigenvalue weighted by Crippen LogP contribution is 2.35. The van der Waals surface area contributed by atoms with Crippen LogP contribution < -0.4 is 5.56 Å². The zero-order valence-electron chi connectivity index (χ0n) is 10.5. The van der Waals surface area contributed by atoms with Crippen molar-refractivity contribution in [1.82, 2.24) is 9.97 Å². The Labute approximate surface area is 109 Å². The number of nitrogens with zero attached hydrogens (tertiary/aromatic N) is 1. The van der Waals surface area contributed by atoms with Gasteiger partial charge in [0.1, 0.15) is 16.8 Å². The highest BCUT2D eigenvalue weighted by molar-refractivity contribution is 7.18. The van der Waals surface area contributed by atoms with E-state index in [0.29, 0.717) is 11.7 Å². The molecule has 4 nitrogen and oxygen atoms in total. The molecule has 2 heterocycles. The van der Waals surface area contributed by atoms with E-state index in [1.165, 1.54) is 10.4 Å². The largest absolute Gasteiger partial charge is 0.385 e. The van der Waals surface area contributed by atoms with Crippen molar-refractivity contribution in [2.75, 3.05) is 0 Å². The lowest BCUT2D eigenvalue weighted by molar-refractivity contribution is 0.189. The maximum Gasteiger partial charge on any atom is 0.260 e. The lowest BCUT2D eigenvalue weighted by Crippen LogP contribution is -2.15. The number of aryl methyl sites for hydroxylation is 1. The number of aromatic amines is 1. The molecule has 2 N–H and O–H groups in total. The minimum absolute atomic E-state index is 0.108. The van der Waals surface area contributed by atoms with Crippen molar-refractivity contribution in [1.29, 1.82) is 0 Å². The first kappa shape index (κ1) is 11.9. The first-order chi connectivity index (χ1) is 8.56. The van der Waals surface area contributed by atoms with Gasteiger partial charge in [0.15, 0.2) is 0 Å². The third kappa shape index (κ3) is 1.78. The molecule has 2 aromatic heterocycles. The number of H-pyrrole nitrogens is 1. The van der Waals surface area contributed by atoms with Gasteiger partial charge < -0.3 is 10.1 Å². The molecular weight excluding hydrogens is 248 g/mol. The maximum atomic E-state index is 12.1. The Morgan fingerprint density at radius 1 is 1.56 bits per heavy atom. The van der Waals surface area contributed by atoms with Crippen LogP contribution in [0.5, 0.6) is 0 Å². The van der Waals surface area contributed by atoms with Crippen molar-refractivity contribution in [3.8, 4) is 0 Å². The molecule has 1 aliphatic rings. The van der Waals surface area contributed by atoms with Crippen LogP contribution in [0.25, 0.3) is 10.2 Å². The standard InChI is InChI=1S/C13H16N2O2S/c1-6-3-4-8-9(5-6)18-13-10(8)12(17)14-11(15-13)7(2)16/h6-7,16H,3-5H2,1-2H3,(H,14,15,17). The van der Waals surface area contributed by atoms with Gasteiger partial charge in [-0.2, -0.15) is 0 Å². The summed E-state index contributed by atoms with van der Waals surface area (Å²) in [6.07, 6.45) is 2.41. The van der Waals surface area contributed by atoms with E-state index in [9.17, 15) is 9.90 Å². The van der Waals surface area contributed by atoms with Gasteiger partial charge in [0.05, 0.1) is 5.39 Å². The maximum absolute atomic E-state index is 12.1. The normalized spacial score (nSPS) is 20.9. The fraction of sp³-hybridized carbons (Fsp3) is 0.538. The molecule has 96 valence electrons. The third-order valence-corrected chi connectivity index (χ3v) is 4.73. The highest BCUT2D eigenvalue weighted by atomic mass is 32.1. The van der Waals surface area contributed by atoms with Crippen LogP contribution in [0.1, 0.15) is 42.6 Å². The molecule has 2 aromatic rings. The zero-order valence-corrected chi connectivity index (χ0v) is 11.3. The van der Waals surface area contributed by atoms with Gasteiger partial charge in [-0.05, 0) is 37.7 Å². The molecule has 0 saturated heterocycles. The first-order valence-electron chi connectivity index (χ1n) is 6.28. The monoisotopic (exact) mass is 264 g/mol. The summed E-state index contributed by atoms with van der Waals surface area (Å²) >= 11 is 1.61. The van der Waals surface area contributed by atoms with E-state index in [1.54, 1.807) is 18.3 Å². The average Bonchev–Trinajstić information content (AvgIpc) is 2.66. The molecule has 0 fully saturated rings. The first-order valence-corrected chi connectivity index (χ1v) is 7.10. The van der Waals surface area contributed by atoms with Gasteiger partial charge in [-0.1, -0.05) is 6.92 Å². The number of aliphatic hydroxyl groups excluding tert-OH is 1. The van der Waals surface area contributed by atoms with E-state index in [1.807, 2.05) is 0 Å². The number of nitrogens with one attached hydrogen (secondary N) is 1. The molecule has 18 heavy (non-hydrogen) atoms. The van der Waals surface area contributed by atoms with Crippen LogP contribution in [-0.4, -0.2) is 15.1 Å². The van der Waals surface area contributed by atoms with Crippen LogP contribution in [0.15, 0.2) is 4.79 Å².